The van der Waals surface area contributed by atoms with E-state index in [-0.39, 0.29) is 18.8 Å². The maximum Gasteiger partial charge on any atom is 0.306 e. The van der Waals surface area contributed by atoms with E-state index >= 15 is 0 Å². The largest absolute Gasteiger partial charge is 0.466 e. The molecule has 0 aromatic heterocycles. The second-order valence-electron chi connectivity index (χ2n) is 2.88. The van der Waals surface area contributed by atoms with Crippen LogP contribution in [0.15, 0.2) is 0 Å². The third kappa shape index (κ3) is 6.94. The van der Waals surface area contributed by atoms with E-state index < -0.39 is 22.0 Å². The van der Waals surface area contributed by atoms with Gasteiger partial charge in [0.25, 0.3) is 0 Å². The fourth-order valence-electron chi connectivity index (χ4n) is 0.813. The minimum Gasteiger partial charge on any atom is -0.466 e. The number of terminal acetylenes is 1. The third-order valence-electron chi connectivity index (χ3n) is 1.49. The molecule has 0 aromatic rings. The van der Waals surface area contributed by atoms with Crippen LogP contribution >= 0.6 is 0 Å². The summed E-state index contributed by atoms with van der Waals surface area (Å²) in [6.07, 6.45) is 4.85. The second kappa shape index (κ2) is 6.43. The normalized spacial score (nSPS) is 12.9. The molecule has 0 radical (unpaired) electrons. The summed E-state index contributed by atoms with van der Waals surface area (Å²) in [4.78, 5) is 10.9. The van der Waals surface area contributed by atoms with Crippen molar-refractivity contribution < 1.29 is 17.9 Å². The van der Waals surface area contributed by atoms with Gasteiger partial charge in [0, 0.05) is 0 Å². The molecule has 0 heterocycles. The molecule has 0 bridgehead atoms. The van der Waals surface area contributed by atoms with E-state index in [0.29, 0.717) is 0 Å². The lowest BCUT2D eigenvalue weighted by molar-refractivity contribution is -0.142. The summed E-state index contributed by atoms with van der Waals surface area (Å²) >= 11 is 0. The fourth-order valence-corrected chi connectivity index (χ4v) is 1.97. The van der Waals surface area contributed by atoms with Crippen LogP contribution in [0.3, 0.4) is 0 Å². The first-order chi connectivity index (χ1) is 6.91. The van der Waals surface area contributed by atoms with Gasteiger partial charge in [0.1, 0.15) is 0 Å². The van der Waals surface area contributed by atoms with E-state index in [2.05, 4.69) is 15.4 Å². The lowest BCUT2D eigenvalue weighted by atomic mass is 10.4. The number of carbonyl (C=O) groups is 1. The van der Waals surface area contributed by atoms with Crippen molar-refractivity contribution in [1.29, 1.82) is 0 Å². The molecule has 6 heteroatoms. The quantitative estimate of drug-likeness (QED) is 0.513. The molecule has 0 aliphatic carbocycles. The van der Waals surface area contributed by atoms with E-state index in [1.54, 1.807) is 13.8 Å². The molecule has 1 N–H and O–H groups in total. The van der Waals surface area contributed by atoms with Crippen molar-refractivity contribution in [1.82, 2.24) is 4.72 Å². The molecule has 0 spiro atoms. The Bertz CT molecular complexity index is 342. The van der Waals surface area contributed by atoms with Crippen LogP contribution in [0.1, 0.15) is 20.3 Å². The molecule has 0 fully saturated rings. The van der Waals surface area contributed by atoms with Gasteiger partial charge in [-0.05, 0) is 13.8 Å². The second-order valence-corrected chi connectivity index (χ2v) is 4.75. The average Bonchev–Trinajstić information content (AvgIpc) is 2.15. The van der Waals surface area contributed by atoms with Crippen molar-refractivity contribution in [2.75, 3.05) is 12.4 Å². The van der Waals surface area contributed by atoms with Gasteiger partial charge in [0.2, 0.25) is 10.0 Å². The Morgan fingerprint density at radius 2 is 2.20 bits per heavy atom. The summed E-state index contributed by atoms with van der Waals surface area (Å²) in [6, 6.07) is -0.572. The Kier molecular flexibility index (Phi) is 5.97. The Balaban J connectivity index is 4.06. The van der Waals surface area contributed by atoms with Crippen LogP contribution in [0.25, 0.3) is 0 Å². The Morgan fingerprint density at radius 1 is 1.60 bits per heavy atom. The van der Waals surface area contributed by atoms with Gasteiger partial charge < -0.3 is 4.74 Å². The number of carbonyl (C=O) groups excluding carboxylic acids is 1. The van der Waals surface area contributed by atoms with Crippen LogP contribution in [0, 0.1) is 12.3 Å². The van der Waals surface area contributed by atoms with Gasteiger partial charge in [-0.25, -0.2) is 13.1 Å². The van der Waals surface area contributed by atoms with Crippen molar-refractivity contribution in [2.45, 2.75) is 26.3 Å². The van der Waals surface area contributed by atoms with E-state index in [4.69, 9.17) is 6.42 Å². The third-order valence-corrected chi connectivity index (χ3v) is 2.94. The minimum atomic E-state index is -3.50. The molecular formula is C9H15NO4S. The lowest BCUT2D eigenvalue weighted by Crippen LogP contribution is -2.34. The first-order valence-corrected chi connectivity index (χ1v) is 6.18. The first kappa shape index (κ1) is 13.9. The molecule has 0 saturated heterocycles. The van der Waals surface area contributed by atoms with Crippen LogP contribution in [0.2, 0.25) is 0 Å². The van der Waals surface area contributed by atoms with Crippen LogP contribution in [0.5, 0.6) is 0 Å². The van der Waals surface area contributed by atoms with Crippen LogP contribution in [-0.2, 0) is 19.6 Å². The van der Waals surface area contributed by atoms with Gasteiger partial charge in [-0.15, -0.1) is 6.42 Å². The van der Waals surface area contributed by atoms with E-state index in [1.807, 2.05) is 0 Å². The number of ether oxygens (including phenoxy) is 1. The van der Waals surface area contributed by atoms with Gasteiger partial charge >= 0.3 is 5.97 Å². The summed E-state index contributed by atoms with van der Waals surface area (Å²) in [5, 5.41) is 0. The number of nitrogens with one attached hydrogen (secondary N) is 1. The summed E-state index contributed by atoms with van der Waals surface area (Å²) in [7, 11) is -3.50. The molecule has 1 atom stereocenters. The lowest BCUT2D eigenvalue weighted by Gasteiger charge is -2.08. The SMILES string of the molecule is C#CC(C)NS(=O)(=O)CCC(=O)OCC. The first-order valence-electron chi connectivity index (χ1n) is 4.53. The van der Waals surface area contributed by atoms with Crippen molar-refractivity contribution in [3.05, 3.63) is 0 Å². The smallest absolute Gasteiger partial charge is 0.306 e. The molecule has 0 amide bonds. The molecular weight excluding hydrogens is 218 g/mol. The van der Waals surface area contributed by atoms with Gasteiger partial charge in [-0.2, -0.15) is 0 Å². The topological polar surface area (TPSA) is 72.5 Å². The summed E-state index contributed by atoms with van der Waals surface area (Å²) in [5.74, 6) is 1.39. The monoisotopic (exact) mass is 233 g/mol. The van der Waals surface area contributed by atoms with Crippen LogP contribution < -0.4 is 4.72 Å². The number of rotatable bonds is 6. The van der Waals surface area contributed by atoms with Gasteiger partial charge in [0.05, 0.1) is 24.8 Å². The van der Waals surface area contributed by atoms with Crippen LogP contribution in [-0.4, -0.2) is 32.8 Å². The summed E-state index contributed by atoms with van der Waals surface area (Å²) < 4.78 is 29.4. The van der Waals surface area contributed by atoms with E-state index in [1.165, 1.54) is 0 Å². The number of sulfonamides is 1. The zero-order valence-corrected chi connectivity index (χ0v) is 9.63. The fraction of sp³-hybridized carbons (Fsp3) is 0.667. The van der Waals surface area contributed by atoms with Crippen molar-refractivity contribution >= 4 is 16.0 Å². The van der Waals surface area contributed by atoms with Gasteiger partial charge in [-0.1, -0.05) is 5.92 Å². The number of hydrogen-bond acceptors (Lipinski definition) is 4. The molecule has 1 unspecified atom stereocenters. The van der Waals surface area contributed by atoms with E-state index in [9.17, 15) is 13.2 Å². The zero-order valence-electron chi connectivity index (χ0n) is 8.82. The molecule has 5 nitrogen and oxygen atoms in total. The highest BCUT2D eigenvalue weighted by molar-refractivity contribution is 7.89. The number of hydrogen-bond donors (Lipinski definition) is 1. The molecule has 0 aromatic carbocycles. The maximum absolute atomic E-state index is 11.3. The molecule has 15 heavy (non-hydrogen) atoms. The molecule has 0 aliphatic heterocycles. The average molecular weight is 233 g/mol. The van der Waals surface area contributed by atoms with Crippen LogP contribution in [0.4, 0.5) is 0 Å². The van der Waals surface area contributed by atoms with Crippen molar-refractivity contribution in [3.8, 4) is 12.3 Å². The molecule has 0 saturated carbocycles. The molecule has 0 rings (SSSR count). The highest BCUT2D eigenvalue weighted by Gasteiger charge is 2.15. The van der Waals surface area contributed by atoms with Gasteiger partial charge in [0.15, 0.2) is 0 Å². The van der Waals surface area contributed by atoms with E-state index in [0.717, 1.165) is 0 Å². The molecule has 0 aliphatic rings. The predicted octanol–water partition coefficient (Wildman–Crippen LogP) is -0.119. The Morgan fingerprint density at radius 3 is 2.67 bits per heavy atom. The highest BCUT2D eigenvalue weighted by atomic mass is 32.2. The minimum absolute atomic E-state index is 0.166. The Labute approximate surface area is 90.2 Å². The maximum atomic E-state index is 11.3. The van der Waals surface area contributed by atoms with Gasteiger partial charge in [-0.3, -0.25) is 4.79 Å². The molecule has 86 valence electrons. The highest BCUT2D eigenvalue weighted by Crippen LogP contribution is 1.94. The predicted molar refractivity (Wildman–Crippen MR) is 56.5 cm³/mol. The zero-order chi connectivity index (χ0) is 11.9. The number of esters is 1. The summed E-state index contributed by atoms with van der Waals surface area (Å²) in [6.45, 7) is 3.44. The summed E-state index contributed by atoms with van der Waals surface area (Å²) in [5.41, 5.74) is 0. The van der Waals surface area contributed by atoms with Crippen molar-refractivity contribution in [2.24, 2.45) is 0 Å². The van der Waals surface area contributed by atoms with Crippen molar-refractivity contribution in [3.63, 3.8) is 0 Å². The standard InChI is InChI=1S/C9H15NO4S/c1-4-8(3)10-15(12,13)7-6-9(11)14-5-2/h1,8,10H,5-7H2,2-3H3. The Hall–Kier alpha value is -1.06.